The van der Waals surface area contributed by atoms with Gasteiger partial charge in [-0.05, 0) is 33.7 Å². The molecule has 0 unspecified atom stereocenters. The summed E-state index contributed by atoms with van der Waals surface area (Å²) in [6.07, 6.45) is 1.51. The second-order valence-electron chi connectivity index (χ2n) is 3.95. The Balaban J connectivity index is 3.28. The number of hydrogen-bond donors (Lipinski definition) is 2. The van der Waals surface area contributed by atoms with Crippen molar-refractivity contribution in [3.05, 3.63) is 0 Å². The van der Waals surface area contributed by atoms with Crippen molar-refractivity contribution in [2.75, 3.05) is 13.6 Å². The Kier molecular flexibility index (Phi) is 4.90. The first-order chi connectivity index (χ1) is 5.45. The fourth-order valence-corrected chi connectivity index (χ4v) is 0.837. The normalized spacial score (nSPS) is 11.3. The zero-order valence-corrected chi connectivity index (χ0v) is 8.53. The van der Waals surface area contributed by atoms with Crippen molar-refractivity contribution in [3.8, 4) is 0 Å². The molecule has 12 heavy (non-hydrogen) atoms. The van der Waals surface area contributed by atoms with E-state index in [4.69, 9.17) is 0 Å². The van der Waals surface area contributed by atoms with Crippen LogP contribution >= 0.6 is 0 Å². The molecule has 0 saturated heterocycles. The summed E-state index contributed by atoms with van der Waals surface area (Å²) in [7, 11) is 1.67. The van der Waals surface area contributed by atoms with E-state index in [-0.39, 0.29) is 11.4 Å². The Morgan fingerprint density at radius 1 is 1.33 bits per heavy atom. The summed E-state index contributed by atoms with van der Waals surface area (Å²) in [6, 6.07) is 0. The lowest BCUT2D eigenvalue weighted by Gasteiger charge is -2.20. The van der Waals surface area contributed by atoms with Crippen LogP contribution in [0.2, 0.25) is 0 Å². The fraction of sp³-hybridized carbons (Fsp3) is 0.889. The minimum atomic E-state index is 0.116. The molecule has 3 nitrogen and oxygen atoms in total. The number of nitrogens with one attached hydrogen (secondary N) is 2. The smallest absolute Gasteiger partial charge is 0.219 e. The lowest BCUT2D eigenvalue weighted by atomic mass is 10.1. The summed E-state index contributed by atoms with van der Waals surface area (Å²) in [5.74, 6) is 0.116. The fourth-order valence-electron chi connectivity index (χ4n) is 0.837. The van der Waals surface area contributed by atoms with Gasteiger partial charge in [-0.1, -0.05) is 0 Å². The Hall–Kier alpha value is -0.570. The predicted octanol–water partition coefficient (Wildman–Crippen LogP) is 0.901. The molecule has 0 aromatic rings. The second kappa shape index (κ2) is 5.14. The van der Waals surface area contributed by atoms with E-state index in [0.717, 1.165) is 13.0 Å². The van der Waals surface area contributed by atoms with Gasteiger partial charge in [0.05, 0.1) is 0 Å². The van der Waals surface area contributed by atoms with Crippen LogP contribution in [0.3, 0.4) is 0 Å². The van der Waals surface area contributed by atoms with E-state index in [9.17, 15) is 4.79 Å². The van der Waals surface area contributed by atoms with Crippen LogP contribution in [0.4, 0.5) is 0 Å². The molecule has 0 aliphatic heterocycles. The first-order valence-electron chi connectivity index (χ1n) is 4.41. The van der Waals surface area contributed by atoms with Gasteiger partial charge in [0.2, 0.25) is 5.91 Å². The minimum Gasteiger partial charge on any atom is -0.359 e. The molecule has 0 aromatic carbocycles. The lowest BCUT2D eigenvalue weighted by Crippen LogP contribution is -2.36. The Bertz CT molecular complexity index is 138. The average molecular weight is 172 g/mol. The zero-order valence-electron chi connectivity index (χ0n) is 8.53. The molecule has 0 fully saturated rings. The molecule has 0 bridgehead atoms. The van der Waals surface area contributed by atoms with Crippen LogP contribution in [-0.2, 0) is 4.79 Å². The van der Waals surface area contributed by atoms with E-state index in [1.165, 1.54) is 0 Å². The SMILES string of the molecule is CNC(=O)CCCNC(C)(C)C. The van der Waals surface area contributed by atoms with E-state index in [1.54, 1.807) is 7.05 Å². The standard InChI is InChI=1S/C9H20N2O/c1-9(2,3)11-7-5-6-8(12)10-4/h11H,5-7H2,1-4H3,(H,10,12). The molecule has 0 rings (SSSR count). The van der Waals surface area contributed by atoms with Crippen LogP contribution in [0.15, 0.2) is 0 Å². The van der Waals surface area contributed by atoms with E-state index >= 15 is 0 Å². The van der Waals surface area contributed by atoms with Crippen LogP contribution in [0, 0.1) is 0 Å². The first kappa shape index (κ1) is 11.4. The first-order valence-corrected chi connectivity index (χ1v) is 4.41. The molecule has 1 amide bonds. The van der Waals surface area contributed by atoms with E-state index in [0.29, 0.717) is 6.42 Å². The Labute approximate surface area is 74.9 Å². The van der Waals surface area contributed by atoms with Gasteiger partial charge < -0.3 is 10.6 Å². The molecule has 0 aliphatic rings. The number of amides is 1. The van der Waals surface area contributed by atoms with Gasteiger partial charge in [0.15, 0.2) is 0 Å². The largest absolute Gasteiger partial charge is 0.359 e. The van der Waals surface area contributed by atoms with Crippen molar-refractivity contribution < 1.29 is 4.79 Å². The summed E-state index contributed by atoms with van der Waals surface area (Å²) in [5, 5.41) is 5.92. The van der Waals surface area contributed by atoms with Crippen LogP contribution < -0.4 is 10.6 Å². The molecule has 0 aromatic heterocycles. The second-order valence-corrected chi connectivity index (χ2v) is 3.95. The monoisotopic (exact) mass is 172 g/mol. The van der Waals surface area contributed by atoms with Gasteiger partial charge in [-0.15, -0.1) is 0 Å². The van der Waals surface area contributed by atoms with Crippen LogP contribution in [0.1, 0.15) is 33.6 Å². The number of carbonyl (C=O) groups is 1. The molecule has 0 atom stereocenters. The Morgan fingerprint density at radius 2 is 1.92 bits per heavy atom. The van der Waals surface area contributed by atoms with Crippen molar-refractivity contribution in [2.45, 2.75) is 39.2 Å². The van der Waals surface area contributed by atoms with Crippen molar-refractivity contribution in [3.63, 3.8) is 0 Å². The molecule has 0 aliphatic carbocycles. The van der Waals surface area contributed by atoms with Crippen LogP contribution in [-0.4, -0.2) is 25.0 Å². The van der Waals surface area contributed by atoms with Crippen molar-refractivity contribution in [2.24, 2.45) is 0 Å². The van der Waals surface area contributed by atoms with Gasteiger partial charge in [0, 0.05) is 19.0 Å². The summed E-state index contributed by atoms with van der Waals surface area (Å²) < 4.78 is 0. The van der Waals surface area contributed by atoms with Crippen LogP contribution in [0.25, 0.3) is 0 Å². The summed E-state index contributed by atoms with van der Waals surface area (Å²) in [6.45, 7) is 7.25. The highest BCUT2D eigenvalue weighted by atomic mass is 16.1. The maximum atomic E-state index is 10.8. The quantitative estimate of drug-likeness (QED) is 0.619. The van der Waals surface area contributed by atoms with Gasteiger partial charge >= 0.3 is 0 Å². The molecular formula is C9H20N2O. The highest BCUT2D eigenvalue weighted by molar-refractivity contribution is 5.75. The summed E-state index contributed by atoms with van der Waals surface area (Å²) >= 11 is 0. The van der Waals surface area contributed by atoms with Gasteiger partial charge in [-0.2, -0.15) is 0 Å². The highest BCUT2D eigenvalue weighted by Gasteiger charge is 2.07. The van der Waals surface area contributed by atoms with Crippen LogP contribution in [0.5, 0.6) is 0 Å². The van der Waals surface area contributed by atoms with E-state index in [2.05, 4.69) is 31.4 Å². The molecule has 0 spiro atoms. The maximum absolute atomic E-state index is 10.8. The summed E-state index contributed by atoms with van der Waals surface area (Å²) in [5.41, 5.74) is 0.155. The Morgan fingerprint density at radius 3 is 2.33 bits per heavy atom. The predicted molar refractivity (Wildman–Crippen MR) is 51.1 cm³/mol. The van der Waals surface area contributed by atoms with Gasteiger partial charge in [0.25, 0.3) is 0 Å². The van der Waals surface area contributed by atoms with E-state index in [1.807, 2.05) is 0 Å². The number of rotatable bonds is 4. The summed E-state index contributed by atoms with van der Waals surface area (Å²) in [4.78, 5) is 10.8. The molecular weight excluding hydrogens is 152 g/mol. The third-order valence-electron chi connectivity index (χ3n) is 1.51. The highest BCUT2D eigenvalue weighted by Crippen LogP contribution is 1.98. The van der Waals surface area contributed by atoms with E-state index < -0.39 is 0 Å². The lowest BCUT2D eigenvalue weighted by molar-refractivity contribution is -0.120. The average Bonchev–Trinajstić information content (AvgIpc) is 1.96. The minimum absolute atomic E-state index is 0.116. The molecule has 0 radical (unpaired) electrons. The van der Waals surface area contributed by atoms with Crippen molar-refractivity contribution in [1.29, 1.82) is 0 Å². The topological polar surface area (TPSA) is 41.1 Å². The molecule has 0 saturated carbocycles. The molecule has 3 heteroatoms. The third kappa shape index (κ3) is 7.54. The third-order valence-corrected chi connectivity index (χ3v) is 1.51. The molecule has 2 N–H and O–H groups in total. The van der Waals surface area contributed by atoms with Gasteiger partial charge in [0.1, 0.15) is 0 Å². The van der Waals surface area contributed by atoms with Crippen molar-refractivity contribution >= 4 is 5.91 Å². The van der Waals surface area contributed by atoms with Gasteiger partial charge in [-0.25, -0.2) is 0 Å². The number of hydrogen-bond acceptors (Lipinski definition) is 2. The zero-order chi connectivity index (χ0) is 9.61. The number of carbonyl (C=O) groups excluding carboxylic acids is 1. The van der Waals surface area contributed by atoms with Crippen molar-refractivity contribution in [1.82, 2.24) is 10.6 Å². The molecule has 0 heterocycles. The maximum Gasteiger partial charge on any atom is 0.219 e. The van der Waals surface area contributed by atoms with Gasteiger partial charge in [-0.3, -0.25) is 4.79 Å². The molecule has 72 valence electrons.